The molecule has 1 aliphatic rings. The minimum Gasteiger partial charge on any atom is -0.481 e. The van der Waals surface area contributed by atoms with Crippen LogP contribution in [0.25, 0.3) is 11.1 Å². The molecule has 48 heavy (non-hydrogen) atoms. The van der Waals surface area contributed by atoms with Crippen LogP contribution in [-0.2, 0) is 35.0 Å². The Morgan fingerprint density at radius 2 is 1.65 bits per heavy atom. The summed E-state index contributed by atoms with van der Waals surface area (Å²) in [5.74, 6) is -3.43. The lowest BCUT2D eigenvalue weighted by Crippen LogP contribution is -2.41. The molecule has 2 aromatic carbocycles. The summed E-state index contributed by atoms with van der Waals surface area (Å²) < 4.78 is 73.3. The number of aliphatic carboxylic acids is 1. The Hall–Kier alpha value is -4.06. The number of pyridine rings is 1. The van der Waals surface area contributed by atoms with E-state index in [2.05, 4.69) is 5.32 Å². The number of carboxylic acids is 1. The molecule has 3 aromatic rings. The number of hydrogen-bond donors (Lipinski definition) is 2. The average molecular weight is 676 g/mol. The average Bonchev–Trinajstić information content (AvgIpc) is 3.45. The molecule has 0 saturated heterocycles. The first-order valence-corrected chi connectivity index (χ1v) is 16.0. The number of carboxylic acid groups (broad SMARTS) is 1. The fourth-order valence-electron chi connectivity index (χ4n) is 6.69. The highest BCUT2D eigenvalue weighted by Crippen LogP contribution is 2.41. The van der Waals surface area contributed by atoms with Gasteiger partial charge in [0.15, 0.2) is 0 Å². The lowest BCUT2D eigenvalue weighted by atomic mass is 9.86. The Bertz CT molecular complexity index is 1740. The van der Waals surface area contributed by atoms with Gasteiger partial charge in [-0.3, -0.25) is 14.4 Å². The highest BCUT2D eigenvalue weighted by atomic mass is 19.4. The zero-order valence-corrected chi connectivity index (χ0v) is 28.0. The van der Waals surface area contributed by atoms with E-state index in [-0.39, 0.29) is 36.4 Å². The molecular weight excluding hydrogens is 633 g/mol. The number of likely N-dealkylation sites (N-methyl/N-ethyl adjacent to an activating group) is 1. The molecular formula is C36H42F5N3O4. The third-order valence-electron chi connectivity index (χ3n) is 8.83. The van der Waals surface area contributed by atoms with Gasteiger partial charge in [-0.25, -0.2) is 8.78 Å². The summed E-state index contributed by atoms with van der Waals surface area (Å²) in [5, 5.41) is 12.5. The Balaban J connectivity index is 1.84. The van der Waals surface area contributed by atoms with Gasteiger partial charge in [-0.05, 0) is 123 Å². The van der Waals surface area contributed by atoms with E-state index in [4.69, 9.17) is 0 Å². The van der Waals surface area contributed by atoms with Crippen molar-refractivity contribution in [2.75, 3.05) is 20.6 Å². The lowest BCUT2D eigenvalue weighted by Gasteiger charge is -2.27. The molecule has 0 spiro atoms. The predicted molar refractivity (Wildman–Crippen MR) is 173 cm³/mol. The first-order chi connectivity index (χ1) is 22.4. The summed E-state index contributed by atoms with van der Waals surface area (Å²) in [6.07, 6.45) is -2.84. The number of aromatic nitrogens is 1. The van der Waals surface area contributed by atoms with Crippen molar-refractivity contribution in [3.63, 3.8) is 0 Å². The molecule has 2 unspecified atom stereocenters. The molecule has 4 rings (SSSR count). The fourth-order valence-corrected chi connectivity index (χ4v) is 6.69. The number of carbonyl (C=O) groups excluding carboxylic acids is 1. The second kappa shape index (κ2) is 14.6. The van der Waals surface area contributed by atoms with Gasteiger partial charge in [0.25, 0.3) is 5.56 Å². The highest BCUT2D eigenvalue weighted by Gasteiger charge is 2.36. The molecule has 0 saturated carbocycles. The van der Waals surface area contributed by atoms with Crippen LogP contribution in [0.5, 0.6) is 0 Å². The standard InChI is InChI=1S/C36H42F5N3O4/c1-19(2)12-30(44-18-22(10-11-43(5)6)28(16-31(44)45)36(39,40)41)35(48)42-29(17-32(46)47)27-15-26(24-8-7-9-25(24)34(27)38)33-20(3)13-23(37)14-21(33)4/h13-16,18-19,29-30H,7-12,17H2,1-6H3,(H,42,48)(H,46,47). The highest BCUT2D eigenvalue weighted by molar-refractivity contribution is 5.82. The minimum atomic E-state index is -4.80. The van der Waals surface area contributed by atoms with E-state index in [1.807, 2.05) is 0 Å². The molecule has 1 aliphatic carbocycles. The Labute approximate surface area is 276 Å². The number of carbonyl (C=O) groups is 2. The maximum Gasteiger partial charge on any atom is 0.416 e. The molecule has 1 aromatic heterocycles. The van der Waals surface area contributed by atoms with E-state index >= 15 is 4.39 Å². The van der Waals surface area contributed by atoms with Gasteiger partial charge in [0.05, 0.1) is 18.0 Å². The quantitative estimate of drug-likeness (QED) is 0.203. The molecule has 260 valence electrons. The van der Waals surface area contributed by atoms with Crippen molar-refractivity contribution in [3.05, 3.63) is 91.4 Å². The summed E-state index contributed by atoms with van der Waals surface area (Å²) in [6, 6.07) is 2.05. The van der Waals surface area contributed by atoms with Crippen LogP contribution in [0.15, 0.2) is 35.3 Å². The molecule has 1 amide bonds. The van der Waals surface area contributed by atoms with E-state index in [0.717, 1.165) is 16.3 Å². The molecule has 0 fully saturated rings. The van der Waals surface area contributed by atoms with E-state index in [1.54, 1.807) is 46.7 Å². The molecule has 0 aliphatic heterocycles. The number of rotatable bonds is 12. The summed E-state index contributed by atoms with van der Waals surface area (Å²) in [7, 11) is 3.40. The Morgan fingerprint density at radius 1 is 1.02 bits per heavy atom. The largest absolute Gasteiger partial charge is 0.481 e. The van der Waals surface area contributed by atoms with Crippen LogP contribution < -0.4 is 10.9 Å². The first-order valence-electron chi connectivity index (χ1n) is 16.0. The van der Waals surface area contributed by atoms with Gasteiger partial charge in [-0.15, -0.1) is 0 Å². The summed E-state index contributed by atoms with van der Waals surface area (Å²) in [5.41, 5.74) is 1.32. The molecule has 1 heterocycles. The molecule has 7 nitrogen and oxygen atoms in total. The number of halogens is 5. The maximum atomic E-state index is 16.3. The van der Waals surface area contributed by atoms with Crippen molar-refractivity contribution >= 4 is 11.9 Å². The molecule has 12 heteroatoms. The van der Waals surface area contributed by atoms with Gasteiger partial charge < -0.3 is 19.9 Å². The summed E-state index contributed by atoms with van der Waals surface area (Å²) >= 11 is 0. The Kier molecular flexibility index (Phi) is 11.2. The first kappa shape index (κ1) is 36.8. The van der Waals surface area contributed by atoms with Crippen molar-refractivity contribution in [2.45, 2.75) is 84.5 Å². The fraction of sp³-hybridized carbons (Fsp3) is 0.472. The summed E-state index contributed by atoms with van der Waals surface area (Å²) in [6.45, 7) is 7.26. The van der Waals surface area contributed by atoms with Crippen LogP contribution >= 0.6 is 0 Å². The second-order valence-corrected chi connectivity index (χ2v) is 13.4. The molecule has 0 radical (unpaired) electrons. The van der Waals surface area contributed by atoms with E-state index < -0.39 is 59.3 Å². The smallest absolute Gasteiger partial charge is 0.416 e. The zero-order valence-electron chi connectivity index (χ0n) is 28.0. The number of nitrogens with one attached hydrogen (secondary N) is 1. The normalized spacial score (nSPS) is 14.4. The molecule has 0 bridgehead atoms. The van der Waals surface area contributed by atoms with Gasteiger partial charge in [-0.2, -0.15) is 13.2 Å². The van der Waals surface area contributed by atoms with Crippen LogP contribution in [0.1, 0.15) is 84.1 Å². The lowest BCUT2D eigenvalue weighted by molar-refractivity contribution is -0.139. The maximum absolute atomic E-state index is 16.3. The minimum absolute atomic E-state index is 0.0376. The van der Waals surface area contributed by atoms with E-state index in [1.165, 1.54) is 18.2 Å². The van der Waals surface area contributed by atoms with Crippen LogP contribution in [0.2, 0.25) is 0 Å². The van der Waals surface area contributed by atoms with Crippen molar-refractivity contribution in [1.29, 1.82) is 0 Å². The number of alkyl halides is 3. The van der Waals surface area contributed by atoms with Gasteiger partial charge in [-0.1, -0.05) is 13.8 Å². The number of benzene rings is 2. The molecule has 2 atom stereocenters. The monoisotopic (exact) mass is 675 g/mol. The van der Waals surface area contributed by atoms with Crippen LogP contribution in [0.4, 0.5) is 22.0 Å². The topological polar surface area (TPSA) is 91.6 Å². The summed E-state index contributed by atoms with van der Waals surface area (Å²) in [4.78, 5) is 41.0. The van der Waals surface area contributed by atoms with E-state index in [9.17, 15) is 37.1 Å². The third kappa shape index (κ3) is 8.14. The van der Waals surface area contributed by atoms with Crippen LogP contribution in [0.3, 0.4) is 0 Å². The molecule has 2 N–H and O–H groups in total. The van der Waals surface area contributed by atoms with Crippen LogP contribution in [0, 0.1) is 31.4 Å². The third-order valence-corrected chi connectivity index (χ3v) is 8.83. The number of nitrogens with zero attached hydrogens (tertiary/aromatic N) is 2. The number of hydrogen-bond acceptors (Lipinski definition) is 4. The van der Waals surface area contributed by atoms with E-state index in [0.29, 0.717) is 53.1 Å². The van der Waals surface area contributed by atoms with Crippen LogP contribution in [-0.4, -0.2) is 47.1 Å². The SMILES string of the molecule is Cc1cc(F)cc(C)c1-c1cc(C(CC(=O)O)NC(=O)C(CC(C)C)n2cc(CCN(C)C)c(C(F)(F)F)cc2=O)c(F)c2c1CCC2. The van der Waals surface area contributed by atoms with Crippen molar-refractivity contribution in [3.8, 4) is 11.1 Å². The van der Waals surface area contributed by atoms with Crippen molar-refractivity contribution in [2.24, 2.45) is 5.92 Å². The second-order valence-electron chi connectivity index (χ2n) is 13.4. The zero-order chi connectivity index (χ0) is 35.7. The number of aryl methyl sites for hydroxylation is 2. The van der Waals surface area contributed by atoms with Gasteiger partial charge >= 0.3 is 12.1 Å². The van der Waals surface area contributed by atoms with Gasteiger partial charge in [0, 0.05) is 24.4 Å². The van der Waals surface area contributed by atoms with Gasteiger partial charge in [0.1, 0.15) is 17.7 Å². The number of fused-ring (bicyclic) bond motifs is 1. The van der Waals surface area contributed by atoms with Gasteiger partial charge in [0.2, 0.25) is 5.91 Å². The predicted octanol–water partition coefficient (Wildman–Crippen LogP) is 6.94. The number of amides is 1. The van der Waals surface area contributed by atoms with Crippen molar-refractivity contribution in [1.82, 2.24) is 14.8 Å². The van der Waals surface area contributed by atoms with Crippen molar-refractivity contribution < 1.29 is 36.6 Å². The Morgan fingerprint density at radius 3 is 2.21 bits per heavy atom.